The number of Topliss-reactive ketones (excluding diaryl/α,β-unsaturated/α-hetero) is 1. The Balaban J connectivity index is 0.000000224. The third-order valence-corrected chi connectivity index (χ3v) is 3.37. The predicted octanol–water partition coefficient (Wildman–Crippen LogP) is 3.39. The molecule has 0 aliphatic rings. The first-order valence-electron chi connectivity index (χ1n) is 7.24. The maximum atomic E-state index is 10.8. The van der Waals surface area contributed by atoms with E-state index in [4.69, 9.17) is 5.11 Å². The number of carbonyl (C=O) groups excluding carboxylic acids is 1. The summed E-state index contributed by atoms with van der Waals surface area (Å²) in [6.45, 7) is 6.86. The lowest BCUT2D eigenvalue weighted by Crippen LogP contribution is -2.25. The standard InChI is InChI=1S/C10H14O2.C9H10O/c1-8-4-3-5-9(6-8)10(2,12)7-11;1-7-4-3-5-9(6-7)8(2)10/h3-6,11-12H,7H2,1-2H3;3-6H,1-2H3/t10-;/m0./s1. The van der Waals surface area contributed by atoms with Crippen LogP contribution in [0, 0.1) is 13.8 Å². The van der Waals surface area contributed by atoms with Gasteiger partial charge in [-0.15, -0.1) is 0 Å². The second kappa shape index (κ2) is 7.87. The summed E-state index contributed by atoms with van der Waals surface area (Å²) in [7, 11) is 0. The van der Waals surface area contributed by atoms with Gasteiger partial charge in [-0.05, 0) is 39.3 Å². The number of benzene rings is 2. The molecule has 2 aromatic rings. The van der Waals surface area contributed by atoms with Gasteiger partial charge in [-0.25, -0.2) is 0 Å². The second-order valence-electron chi connectivity index (χ2n) is 5.73. The largest absolute Gasteiger partial charge is 0.393 e. The van der Waals surface area contributed by atoms with E-state index in [1.807, 2.05) is 62.4 Å². The minimum absolute atomic E-state index is 0.128. The summed E-state index contributed by atoms with van der Waals surface area (Å²) >= 11 is 0. The van der Waals surface area contributed by atoms with Gasteiger partial charge in [0, 0.05) is 5.56 Å². The van der Waals surface area contributed by atoms with Gasteiger partial charge in [-0.2, -0.15) is 0 Å². The lowest BCUT2D eigenvalue weighted by Gasteiger charge is -2.20. The van der Waals surface area contributed by atoms with Crippen LogP contribution in [0.1, 0.15) is 40.9 Å². The fraction of sp³-hybridized carbons (Fsp3) is 0.316. The summed E-state index contributed by atoms with van der Waals surface area (Å²) in [4.78, 5) is 10.8. The van der Waals surface area contributed by atoms with Crippen molar-refractivity contribution >= 4 is 5.78 Å². The average molecular weight is 300 g/mol. The van der Waals surface area contributed by atoms with Gasteiger partial charge in [0.1, 0.15) is 5.60 Å². The van der Waals surface area contributed by atoms with Crippen molar-refractivity contribution in [2.75, 3.05) is 6.61 Å². The summed E-state index contributed by atoms with van der Waals surface area (Å²) in [6, 6.07) is 15.1. The van der Waals surface area contributed by atoms with E-state index in [9.17, 15) is 9.90 Å². The van der Waals surface area contributed by atoms with E-state index in [2.05, 4.69) is 0 Å². The highest BCUT2D eigenvalue weighted by molar-refractivity contribution is 5.94. The van der Waals surface area contributed by atoms with E-state index in [1.165, 1.54) is 0 Å². The van der Waals surface area contributed by atoms with Crippen LogP contribution in [0.5, 0.6) is 0 Å². The lowest BCUT2D eigenvalue weighted by molar-refractivity contribution is -0.00232. The van der Waals surface area contributed by atoms with Gasteiger partial charge in [-0.1, -0.05) is 53.6 Å². The van der Waals surface area contributed by atoms with E-state index in [1.54, 1.807) is 13.8 Å². The van der Waals surface area contributed by atoms with Crippen LogP contribution in [-0.4, -0.2) is 22.6 Å². The summed E-state index contributed by atoms with van der Waals surface area (Å²) in [5, 5.41) is 18.6. The van der Waals surface area contributed by atoms with Gasteiger partial charge < -0.3 is 10.2 Å². The third kappa shape index (κ3) is 5.43. The summed E-state index contributed by atoms with van der Waals surface area (Å²) in [5.74, 6) is 0.128. The van der Waals surface area contributed by atoms with Crippen LogP contribution in [0.2, 0.25) is 0 Å². The Morgan fingerprint density at radius 1 is 1.05 bits per heavy atom. The highest BCUT2D eigenvalue weighted by atomic mass is 16.3. The predicted molar refractivity (Wildman–Crippen MR) is 89.0 cm³/mol. The zero-order valence-corrected chi connectivity index (χ0v) is 13.6. The van der Waals surface area contributed by atoms with Crippen LogP contribution in [0.3, 0.4) is 0 Å². The monoisotopic (exact) mass is 300 g/mol. The van der Waals surface area contributed by atoms with Crippen LogP contribution in [-0.2, 0) is 5.60 Å². The van der Waals surface area contributed by atoms with Gasteiger partial charge >= 0.3 is 0 Å². The van der Waals surface area contributed by atoms with Crippen molar-refractivity contribution in [3.05, 3.63) is 70.8 Å². The molecule has 0 fully saturated rings. The van der Waals surface area contributed by atoms with Crippen LogP contribution < -0.4 is 0 Å². The van der Waals surface area contributed by atoms with Crippen LogP contribution in [0.4, 0.5) is 0 Å². The molecule has 1 atom stereocenters. The first kappa shape index (κ1) is 18.1. The van der Waals surface area contributed by atoms with E-state index < -0.39 is 5.60 Å². The van der Waals surface area contributed by atoms with Gasteiger partial charge in [0.25, 0.3) is 0 Å². The molecule has 2 aromatic carbocycles. The quantitative estimate of drug-likeness (QED) is 0.854. The summed E-state index contributed by atoms with van der Waals surface area (Å²) < 4.78 is 0. The Kier molecular flexibility index (Phi) is 6.47. The smallest absolute Gasteiger partial charge is 0.159 e. The van der Waals surface area contributed by atoms with Crippen molar-refractivity contribution in [2.45, 2.75) is 33.3 Å². The molecule has 0 amide bonds. The normalized spacial score (nSPS) is 12.8. The number of ketones is 1. The first-order valence-corrected chi connectivity index (χ1v) is 7.24. The Bertz CT molecular complexity index is 630. The summed E-state index contributed by atoms with van der Waals surface area (Å²) in [5.41, 5.74) is 2.64. The van der Waals surface area contributed by atoms with E-state index in [0.717, 1.165) is 22.3 Å². The molecule has 0 bridgehead atoms. The minimum Gasteiger partial charge on any atom is -0.393 e. The molecule has 0 spiro atoms. The maximum Gasteiger partial charge on any atom is 0.159 e. The highest BCUT2D eigenvalue weighted by Crippen LogP contribution is 2.20. The number of aryl methyl sites for hydroxylation is 2. The molecule has 2 N–H and O–H groups in total. The molecular formula is C19H24O3. The zero-order valence-electron chi connectivity index (χ0n) is 13.6. The Morgan fingerprint density at radius 3 is 2.00 bits per heavy atom. The first-order chi connectivity index (χ1) is 10.3. The van der Waals surface area contributed by atoms with Crippen LogP contribution >= 0.6 is 0 Å². The molecule has 0 unspecified atom stereocenters. The Labute approximate surface area is 132 Å². The molecular weight excluding hydrogens is 276 g/mol. The van der Waals surface area contributed by atoms with Gasteiger partial charge in [-0.3, -0.25) is 4.79 Å². The molecule has 118 valence electrons. The third-order valence-electron chi connectivity index (χ3n) is 3.37. The van der Waals surface area contributed by atoms with E-state index in [0.29, 0.717) is 0 Å². The topological polar surface area (TPSA) is 57.5 Å². The molecule has 3 heteroatoms. The minimum atomic E-state index is -1.12. The SMILES string of the molecule is CC(=O)c1cccc(C)c1.Cc1cccc([C@@](C)(O)CO)c1. The molecule has 0 aromatic heterocycles. The van der Waals surface area contributed by atoms with Gasteiger partial charge in [0.15, 0.2) is 5.78 Å². The Morgan fingerprint density at radius 2 is 1.59 bits per heavy atom. The number of hydrogen-bond acceptors (Lipinski definition) is 3. The van der Waals surface area contributed by atoms with Gasteiger partial charge in [0.2, 0.25) is 0 Å². The molecule has 3 nitrogen and oxygen atoms in total. The van der Waals surface area contributed by atoms with Crippen molar-refractivity contribution in [3.8, 4) is 0 Å². The maximum absolute atomic E-state index is 10.8. The molecule has 0 aliphatic heterocycles. The van der Waals surface area contributed by atoms with Crippen LogP contribution in [0.15, 0.2) is 48.5 Å². The molecule has 0 saturated heterocycles. The van der Waals surface area contributed by atoms with Crippen molar-refractivity contribution in [1.29, 1.82) is 0 Å². The van der Waals surface area contributed by atoms with E-state index in [-0.39, 0.29) is 12.4 Å². The fourth-order valence-corrected chi connectivity index (χ4v) is 1.94. The van der Waals surface area contributed by atoms with Crippen molar-refractivity contribution < 1.29 is 15.0 Å². The number of rotatable bonds is 3. The van der Waals surface area contributed by atoms with Crippen molar-refractivity contribution in [2.24, 2.45) is 0 Å². The number of hydrogen-bond donors (Lipinski definition) is 2. The highest BCUT2D eigenvalue weighted by Gasteiger charge is 2.21. The van der Waals surface area contributed by atoms with E-state index >= 15 is 0 Å². The zero-order chi connectivity index (χ0) is 16.8. The second-order valence-corrected chi connectivity index (χ2v) is 5.73. The fourth-order valence-electron chi connectivity index (χ4n) is 1.94. The molecule has 0 radical (unpaired) electrons. The molecule has 0 saturated carbocycles. The van der Waals surface area contributed by atoms with Crippen molar-refractivity contribution in [3.63, 3.8) is 0 Å². The van der Waals surface area contributed by atoms with Gasteiger partial charge in [0.05, 0.1) is 6.61 Å². The lowest BCUT2D eigenvalue weighted by atomic mass is 9.96. The number of aliphatic hydroxyl groups is 2. The molecule has 22 heavy (non-hydrogen) atoms. The average Bonchev–Trinajstić information content (AvgIpc) is 2.48. The van der Waals surface area contributed by atoms with Crippen molar-refractivity contribution in [1.82, 2.24) is 0 Å². The number of aliphatic hydroxyl groups excluding tert-OH is 1. The molecule has 2 rings (SSSR count). The molecule has 0 heterocycles. The van der Waals surface area contributed by atoms with Crippen LogP contribution in [0.25, 0.3) is 0 Å². The Hall–Kier alpha value is -1.97. The summed E-state index contributed by atoms with van der Waals surface area (Å²) in [6.07, 6.45) is 0. The molecule has 0 aliphatic carbocycles. The number of carbonyl (C=O) groups is 1.